The van der Waals surface area contributed by atoms with Crippen LogP contribution in [0.2, 0.25) is 5.02 Å². The van der Waals surface area contributed by atoms with Crippen molar-refractivity contribution in [3.63, 3.8) is 0 Å². The predicted molar refractivity (Wildman–Crippen MR) is 86.7 cm³/mol. The standard InChI is InChI=1S/C17H20ClN3O/c1-11(12-2-3-12)21(15-6-7-15)10-17(22)20-14-5-4-13(9-19)16(18)8-14/h4-5,8,11-12,15H,2-3,6-7,10H2,1H3,(H,20,22). The third-order valence-corrected chi connectivity index (χ3v) is 4.86. The lowest BCUT2D eigenvalue weighted by Gasteiger charge is -2.28. The molecule has 1 atom stereocenters. The fourth-order valence-electron chi connectivity index (χ4n) is 2.91. The number of nitrogens with one attached hydrogen (secondary N) is 1. The van der Waals surface area contributed by atoms with E-state index >= 15 is 0 Å². The zero-order chi connectivity index (χ0) is 15.7. The van der Waals surface area contributed by atoms with Crippen molar-refractivity contribution in [2.75, 3.05) is 11.9 Å². The number of amides is 1. The van der Waals surface area contributed by atoms with E-state index in [-0.39, 0.29) is 5.91 Å². The lowest BCUT2D eigenvalue weighted by molar-refractivity contribution is -0.118. The van der Waals surface area contributed by atoms with Gasteiger partial charge in [-0.05, 0) is 56.7 Å². The van der Waals surface area contributed by atoms with Crippen LogP contribution in [0.5, 0.6) is 0 Å². The molecule has 0 radical (unpaired) electrons. The van der Waals surface area contributed by atoms with Gasteiger partial charge in [-0.3, -0.25) is 9.69 Å². The Morgan fingerprint density at radius 1 is 1.45 bits per heavy atom. The van der Waals surface area contributed by atoms with Gasteiger partial charge < -0.3 is 5.32 Å². The van der Waals surface area contributed by atoms with Crippen molar-refractivity contribution in [1.82, 2.24) is 4.90 Å². The van der Waals surface area contributed by atoms with Gasteiger partial charge in [0.2, 0.25) is 5.91 Å². The Morgan fingerprint density at radius 3 is 2.73 bits per heavy atom. The van der Waals surface area contributed by atoms with Gasteiger partial charge in [-0.25, -0.2) is 0 Å². The number of hydrogen-bond acceptors (Lipinski definition) is 3. The van der Waals surface area contributed by atoms with E-state index in [1.54, 1.807) is 18.2 Å². The molecule has 0 heterocycles. The molecule has 1 N–H and O–H groups in total. The van der Waals surface area contributed by atoms with Gasteiger partial charge in [0, 0.05) is 17.8 Å². The number of benzene rings is 1. The van der Waals surface area contributed by atoms with E-state index in [1.165, 1.54) is 25.7 Å². The summed E-state index contributed by atoms with van der Waals surface area (Å²) in [5.74, 6) is 0.748. The molecule has 2 aliphatic rings. The Morgan fingerprint density at radius 2 is 2.18 bits per heavy atom. The molecule has 2 saturated carbocycles. The number of rotatable bonds is 6. The van der Waals surface area contributed by atoms with Crippen LogP contribution in [-0.2, 0) is 4.79 Å². The summed E-state index contributed by atoms with van der Waals surface area (Å²) in [6.45, 7) is 2.67. The number of anilines is 1. The van der Waals surface area contributed by atoms with Crippen LogP contribution in [0.4, 0.5) is 5.69 Å². The van der Waals surface area contributed by atoms with Crippen molar-refractivity contribution in [3.8, 4) is 6.07 Å². The quantitative estimate of drug-likeness (QED) is 0.874. The van der Waals surface area contributed by atoms with Crippen LogP contribution in [0.25, 0.3) is 0 Å². The number of halogens is 1. The van der Waals surface area contributed by atoms with Crippen LogP contribution in [0, 0.1) is 17.2 Å². The summed E-state index contributed by atoms with van der Waals surface area (Å²) in [6.07, 6.45) is 4.98. The van der Waals surface area contributed by atoms with Crippen molar-refractivity contribution < 1.29 is 4.79 Å². The highest BCUT2D eigenvalue weighted by Gasteiger charge is 2.39. The van der Waals surface area contributed by atoms with E-state index in [2.05, 4.69) is 17.1 Å². The number of carbonyl (C=O) groups is 1. The van der Waals surface area contributed by atoms with E-state index < -0.39 is 0 Å². The summed E-state index contributed by atoms with van der Waals surface area (Å²) in [4.78, 5) is 14.7. The SMILES string of the molecule is CC(C1CC1)N(CC(=O)Nc1ccc(C#N)c(Cl)c1)C1CC1. The first kappa shape index (κ1) is 15.3. The average Bonchev–Trinajstić information content (AvgIpc) is 3.37. The molecule has 1 amide bonds. The van der Waals surface area contributed by atoms with Crippen molar-refractivity contribution in [1.29, 1.82) is 5.26 Å². The van der Waals surface area contributed by atoms with E-state index in [9.17, 15) is 4.79 Å². The summed E-state index contributed by atoms with van der Waals surface area (Å²) in [5.41, 5.74) is 1.06. The van der Waals surface area contributed by atoms with Gasteiger partial charge >= 0.3 is 0 Å². The van der Waals surface area contributed by atoms with Gasteiger partial charge in [0.1, 0.15) is 6.07 Å². The molecule has 2 aliphatic carbocycles. The summed E-state index contributed by atoms with van der Waals surface area (Å²) >= 11 is 6.00. The highest BCUT2D eigenvalue weighted by Crippen LogP contribution is 2.39. The summed E-state index contributed by atoms with van der Waals surface area (Å²) in [6, 6.07) is 8.05. The second kappa shape index (κ2) is 6.28. The molecular weight excluding hydrogens is 298 g/mol. The van der Waals surface area contributed by atoms with E-state index in [4.69, 9.17) is 16.9 Å². The number of nitriles is 1. The number of nitrogens with zero attached hydrogens (tertiary/aromatic N) is 2. The molecule has 1 aromatic rings. The van der Waals surface area contributed by atoms with Crippen LogP contribution >= 0.6 is 11.6 Å². The highest BCUT2D eigenvalue weighted by atomic mass is 35.5. The first-order valence-electron chi connectivity index (χ1n) is 7.83. The average molecular weight is 318 g/mol. The maximum atomic E-state index is 12.3. The van der Waals surface area contributed by atoms with Crippen molar-refractivity contribution >= 4 is 23.2 Å². The monoisotopic (exact) mass is 317 g/mol. The number of carbonyl (C=O) groups excluding carboxylic acids is 1. The maximum Gasteiger partial charge on any atom is 0.238 e. The Labute approximate surface area is 136 Å². The molecule has 0 aliphatic heterocycles. The normalized spacial score (nSPS) is 18.8. The maximum absolute atomic E-state index is 12.3. The van der Waals surface area contributed by atoms with Crippen LogP contribution in [0.1, 0.15) is 38.2 Å². The third kappa shape index (κ3) is 3.60. The van der Waals surface area contributed by atoms with Crippen molar-refractivity contribution in [2.45, 2.75) is 44.7 Å². The van der Waals surface area contributed by atoms with Crippen molar-refractivity contribution in [2.24, 2.45) is 5.92 Å². The molecule has 5 heteroatoms. The van der Waals surface area contributed by atoms with E-state index in [0.717, 1.165) is 5.92 Å². The molecule has 22 heavy (non-hydrogen) atoms. The van der Waals surface area contributed by atoms with Crippen LogP contribution in [-0.4, -0.2) is 29.4 Å². The van der Waals surface area contributed by atoms with Gasteiger partial charge in [-0.2, -0.15) is 5.26 Å². The molecule has 2 fully saturated rings. The minimum atomic E-state index is -0.0137. The summed E-state index contributed by atoms with van der Waals surface area (Å²) < 4.78 is 0. The van der Waals surface area contributed by atoms with Crippen LogP contribution in [0.15, 0.2) is 18.2 Å². The Hall–Kier alpha value is -1.57. The zero-order valence-electron chi connectivity index (χ0n) is 12.7. The van der Waals surface area contributed by atoms with Crippen LogP contribution < -0.4 is 5.32 Å². The Bertz CT molecular complexity index is 617. The summed E-state index contributed by atoms with van der Waals surface area (Å²) in [5, 5.41) is 12.1. The second-order valence-electron chi connectivity index (χ2n) is 6.34. The topological polar surface area (TPSA) is 56.1 Å². The fourth-order valence-corrected chi connectivity index (χ4v) is 3.13. The zero-order valence-corrected chi connectivity index (χ0v) is 13.4. The minimum Gasteiger partial charge on any atom is -0.325 e. The molecule has 0 bridgehead atoms. The largest absolute Gasteiger partial charge is 0.325 e. The lowest BCUT2D eigenvalue weighted by atomic mass is 10.1. The molecule has 0 aromatic heterocycles. The van der Waals surface area contributed by atoms with Gasteiger partial charge in [-0.15, -0.1) is 0 Å². The van der Waals surface area contributed by atoms with Gasteiger partial charge in [0.25, 0.3) is 0 Å². The molecule has 1 unspecified atom stereocenters. The lowest BCUT2D eigenvalue weighted by Crippen LogP contribution is -2.42. The van der Waals surface area contributed by atoms with Crippen LogP contribution in [0.3, 0.4) is 0 Å². The molecule has 4 nitrogen and oxygen atoms in total. The molecular formula is C17H20ClN3O. The van der Waals surface area contributed by atoms with E-state index in [0.29, 0.717) is 34.9 Å². The smallest absolute Gasteiger partial charge is 0.238 e. The first-order valence-corrected chi connectivity index (χ1v) is 8.21. The molecule has 0 spiro atoms. The Balaban J connectivity index is 1.61. The predicted octanol–water partition coefficient (Wildman–Crippen LogP) is 3.41. The Kier molecular flexibility index (Phi) is 4.37. The first-order chi connectivity index (χ1) is 10.6. The minimum absolute atomic E-state index is 0.0137. The second-order valence-corrected chi connectivity index (χ2v) is 6.74. The molecule has 0 saturated heterocycles. The van der Waals surface area contributed by atoms with Gasteiger partial charge in [0.05, 0.1) is 17.1 Å². The summed E-state index contributed by atoms with van der Waals surface area (Å²) in [7, 11) is 0. The highest BCUT2D eigenvalue weighted by molar-refractivity contribution is 6.32. The van der Waals surface area contributed by atoms with Gasteiger partial charge in [0.15, 0.2) is 0 Å². The van der Waals surface area contributed by atoms with Gasteiger partial charge in [-0.1, -0.05) is 11.6 Å². The third-order valence-electron chi connectivity index (χ3n) is 4.54. The van der Waals surface area contributed by atoms with Crippen molar-refractivity contribution in [3.05, 3.63) is 28.8 Å². The molecule has 1 aromatic carbocycles. The fraction of sp³-hybridized carbons (Fsp3) is 0.529. The van der Waals surface area contributed by atoms with E-state index in [1.807, 2.05) is 6.07 Å². The molecule has 116 valence electrons. The number of hydrogen-bond donors (Lipinski definition) is 1. The molecule has 3 rings (SSSR count).